The molecule has 3 aromatic heterocycles. The molecular formula is C16H20N6OS. The van der Waals surface area contributed by atoms with Crippen LogP contribution in [0, 0.1) is 20.8 Å². The van der Waals surface area contributed by atoms with Crippen molar-refractivity contribution in [2.75, 3.05) is 0 Å². The van der Waals surface area contributed by atoms with Gasteiger partial charge in [-0.2, -0.15) is 14.9 Å². The predicted octanol–water partition coefficient (Wildman–Crippen LogP) is 2.60. The van der Waals surface area contributed by atoms with E-state index in [1.807, 2.05) is 45.5 Å². The summed E-state index contributed by atoms with van der Waals surface area (Å²) in [6.07, 6.45) is 3.65. The lowest BCUT2D eigenvalue weighted by Gasteiger charge is -2.06. The number of nitrogens with zero attached hydrogens (tertiary/aromatic N) is 6. The first-order valence-electron chi connectivity index (χ1n) is 7.73. The summed E-state index contributed by atoms with van der Waals surface area (Å²) < 4.78 is 5.11. The Labute approximate surface area is 144 Å². The average molecular weight is 344 g/mol. The van der Waals surface area contributed by atoms with Gasteiger partial charge in [0.25, 0.3) is 5.91 Å². The van der Waals surface area contributed by atoms with Gasteiger partial charge in [-0.3, -0.25) is 9.48 Å². The zero-order valence-corrected chi connectivity index (χ0v) is 15.3. The summed E-state index contributed by atoms with van der Waals surface area (Å²) in [5, 5.41) is 9.66. The van der Waals surface area contributed by atoms with Crippen LogP contribution >= 0.6 is 11.8 Å². The molecule has 0 aliphatic heterocycles. The van der Waals surface area contributed by atoms with Crippen LogP contribution in [0.2, 0.25) is 0 Å². The van der Waals surface area contributed by atoms with E-state index in [1.54, 1.807) is 16.9 Å². The van der Waals surface area contributed by atoms with Gasteiger partial charge in [0.1, 0.15) is 5.69 Å². The number of carbonyl (C=O) groups excluding carboxylic acids is 1. The molecule has 0 aliphatic carbocycles. The van der Waals surface area contributed by atoms with Crippen LogP contribution in [0.4, 0.5) is 0 Å². The number of aryl methyl sites for hydroxylation is 4. The molecule has 3 heterocycles. The van der Waals surface area contributed by atoms with Crippen molar-refractivity contribution >= 4 is 17.7 Å². The molecule has 3 aromatic rings. The summed E-state index contributed by atoms with van der Waals surface area (Å²) in [4.78, 5) is 18.2. The monoisotopic (exact) mass is 344 g/mol. The molecule has 0 spiro atoms. The third kappa shape index (κ3) is 2.77. The maximum atomic E-state index is 12.9. The summed E-state index contributed by atoms with van der Waals surface area (Å²) in [5.74, 6) is -0.162. The third-order valence-corrected chi connectivity index (χ3v) is 5.18. The average Bonchev–Trinajstić information content (AvgIpc) is 3.20. The summed E-state index contributed by atoms with van der Waals surface area (Å²) >= 11 is 1.52. The Morgan fingerprint density at radius 3 is 2.62 bits per heavy atom. The largest absolute Gasteiger partial charge is 0.329 e. The van der Waals surface area contributed by atoms with E-state index in [9.17, 15) is 4.79 Å². The lowest BCUT2D eigenvalue weighted by Crippen LogP contribution is -2.19. The first-order valence-corrected chi connectivity index (χ1v) is 8.54. The Balaban J connectivity index is 1.99. The van der Waals surface area contributed by atoms with Gasteiger partial charge in [-0.05, 0) is 45.5 Å². The Morgan fingerprint density at radius 2 is 2.00 bits per heavy atom. The SMILES string of the molecule is CCn1nc(C)cc1C(=O)n1nc(C)c(Sc2nccn2C)c1C. The minimum absolute atomic E-state index is 0.162. The zero-order valence-electron chi connectivity index (χ0n) is 14.4. The molecule has 0 bridgehead atoms. The molecular weight excluding hydrogens is 324 g/mol. The number of aromatic nitrogens is 6. The zero-order chi connectivity index (χ0) is 17.4. The van der Waals surface area contributed by atoms with Crippen molar-refractivity contribution < 1.29 is 4.79 Å². The molecule has 3 rings (SSSR count). The van der Waals surface area contributed by atoms with Crippen LogP contribution in [-0.4, -0.2) is 35.0 Å². The molecule has 0 atom stereocenters. The van der Waals surface area contributed by atoms with Gasteiger partial charge in [0.15, 0.2) is 5.16 Å². The van der Waals surface area contributed by atoms with E-state index in [0.29, 0.717) is 12.2 Å². The van der Waals surface area contributed by atoms with Crippen LogP contribution in [0.3, 0.4) is 0 Å². The highest BCUT2D eigenvalue weighted by Crippen LogP contribution is 2.31. The van der Waals surface area contributed by atoms with Gasteiger partial charge in [0.05, 0.1) is 22.0 Å². The summed E-state index contributed by atoms with van der Waals surface area (Å²) in [6, 6.07) is 1.80. The lowest BCUT2D eigenvalue weighted by molar-refractivity contribution is 0.0931. The van der Waals surface area contributed by atoms with Gasteiger partial charge in [0, 0.05) is 26.0 Å². The van der Waals surface area contributed by atoms with E-state index in [4.69, 9.17) is 0 Å². The summed E-state index contributed by atoms with van der Waals surface area (Å²) in [5.41, 5.74) is 3.00. The van der Waals surface area contributed by atoms with Gasteiger partial charge in [-0.1, -0.05) is 0 Å². The number of rotatable bonds is 4. The fraction of sp³-hybridized carbons (Fsp3) is 0.375. The number of hydrogen-bond acceptors (Lipinski definition) is 5. The molecule has 0 aromatic carbocycles. The Hall–Kier alpha value is -2.35. The summed E-state index contributed by atoms with van der Waals surface area (Å²) in [7, 11) is 1.94. The van der Waals surface area contributed by atoms with E-state index < -0.39 is 0 Å². The number of hydrogen-bond donors (Lipinski definition) is 0. The highest BCUT2D eigenvalue weighted by molar-refractivity contribution is 7.99. The Bertz CT molecular complexity index is 904. The van der Waals surface area contributed by atoms with E-state index in [2.05, 4.69) is 15.2 Å². The van der Waals surface area contributed by atoms with E-state index in [0.717, 1.165) is 27.1 Å². The second kappa shape index (κ2) is 6.27. The first-order chi connectivity index (χ1) is 11.4. The topological polar surface area (TPSA) is 70.5 Å². The van der Waals surface area contributed by atoms with Gasteiger partial charge in [-0.25, -0.2) is 4.98 Å². The second-order valence-corrected chi connectivity index (χ2v) is 6.60. The Morgan fingerprint density at radius 1 is 1.25 bits per heavy atom. The van der Waals surface area contributed by atoms with Crippen LogP contribution in [0.1, 0.15) is 34.5 Å². The first kappa shape index (κ1) is 16.5. The van der Waals surface area contributed by atoms with Crippen molar-refractivity contribution in [3.8, 4) is 0 Å². The predicted molar refractivity (Wildman–Crippen MR) is 91.4 cm³/mol. The van der Waals surface area contributed by atoms with Gasteiger partial charge >= 0.3 is 0 Å². The molecule has 0 N–H and O–H groups in total. The maximum absolute atomic E-state index is 12.9. The van der Waals surface area contributed by atoms with Crippen molar-refractivity contribution in [1.29, 1.82) is 0 Å². The number of imidazole rings is 1. The molecule has 0 radical (unpaired) electrons. The van der Waals surface area contributed by atoms with E-state index in [-0.39, 0.29) is 5.91 Å². The van der Waals surface area contributed by atoms with Crippen molar-refractivity contribution in [3.05, 3.63) is 41.2 Å². The molecule has 0 amide bonds. The molecule has 7 nitrogen and oxygen atoms in total. The van der Waals surface area contributed by atoms with Gasteiger partial charge in [-0.15, -0.1) is 0 Å². The molecule has 0 fully saturated rings. The van der Waals surface area contributed by atoms with Crippen LogP contribution in [0.25, 0.3) is 0 Å². The molecule has 0 saturated carbocycles. The fourth-order valence-electron chi connectivity index (χ4n) is 2.58. The molecule has 8 heteroatoms. The molecule has 0 saturated heterocycles. The Kier molecular flexibility index (Phi) is 4.31. The van der Waals surface area contributed by atoms with Crippen LogP contribution in [-0.2, 0) is 13.6 Å². The molecule has 0 aliphatic rings. The minimum atomic E-state index is -0.162. The standard InChI is InChI=1S/C16H20N6OS/c1-6-21-13(9-10(2)18-21)15(23)22-12(4)14(11(3)19-22)24-16-17-7-8-20(16)5/h7-9H,6H2,1-5H3. The minimum Gasteiger partial charge on any atom is -0.329 e. The third-order valence-electron chi connectivity index (χ3n) is 3.81. The fourth-order valence-corrected chi connectivity index (χ4v) is 3.51. The van der Waals surface area contributed by atoms with Crippen molar-refractivity contribution in [2.24, 2.45) is 7.05 Å². The van der Waals surface area contributed by atoms with Gasteiger partial charge < -0.3 is 4.57 Å². The van der Waals surface area contributed by atoms with Crippen molar-refractivity contribution in [2.45, 2.75) is 44.3 Å². The van der Waals surface area contributed by atoms with E-state index >= 15 is 0 Å². The molecule has 0 unspecified atom stereocenters. The lowest BCUT2D eigenvalue weighted by atomic mass is 10.3. The van der Waals surface area contributed by atoms with Crippen LogP contribution < -0.4 is 0 Å². The van der Waals surface area contributed by atoms with Crippen molar-refractivity contribution in [3.63, 3.8) is 0 Å². The molecule has 24 heavy (non-hydrogen) atoms. The quantitative estimate of drug-likeness (QED) is 0.727. The van der Waals surface area contributed by atoms with Gasteiger partial charge in [0.2, 0.25) is 0 Å². The maximum Gasteiger partial charge on any atom is 0.296 e. The highest BCUT2D eigenvalue weighted by Gasteiger charge is 2.22. The van der Waals surface area contributed by atoms with Crippen LogP contribution in [0.5, 0.6) is 0 Å². The van der Waals surface area contributed by atoms with E-state index in [1.165, 1.54) is 16.4 Å². The number of carbonyl (C=O) groups is 1. The molecule has 126 valence electrons. The van der Waals surface area contributed by atoms with Crippen LogP contribution in [0.15, 0.2) is 28.5 Å². The normalized spacial score (nSPS) is 11.2. The highest BCUT2D eigenvalue weighted by atomic mass is 32.2. The second-order valence-electron chi connectivity index (χ2n) is 5.63. The smallest absolute Gasteiger partial charge is 0.296 e. The van der Waals surface area contributed by atoms with Crippen molar-refractivity contribution in [1.82, 2.24) is 29.1 Å². The summed E-state index contributed by atoms with van der Waals surface area (Å²) in [6.45, 7) is 8.30.